The first-order chi connectivity index (χ1) is 7.70. The Morgan fingerprint density at radius 1 is 1.69 bits per heavy atom. The first kappa shape index (κ1) is 11.4. The quantitative estimate of drug-likeness (QED) is 0.827. The highest BCUT2D eigenvalue weighted by atomic mass is 32.1. The molecule has 1 aliphatic rings. The minimum Gasteiger partial charge on any atom is -0.481 e. The van der Waals surface area contributed by atoms with Gasteiger partial charge in [0.15, 0.2) is 5.13 Å². The van der Waals surface area contributed by atoms with Gasteiger partial charge in [-0.3, -0.25) is 4.79 Å². The van der Waals surface area contributed by atoms with Crippen molar-refractivity contribution in [3.8, 4) is 0 Å². The Labute approximate surface area is 98.9 Å². The highest BCUT2D eigenvalue weighted by Crippen LogP contribution is 2.33. The zero-order chi connectivity index (χ0) is 11.5. The van der Waals surface area contributed by atoms with Crippen molar-refractivity contribution in [3.63, 3.8) is 0 Å². The molecule has 4 nitrogen and oxygen atoms in total. The number of anilines is 1. The van der Waals surface area contributed by atoms with Crippen LogP contribution in [0.4, 0.5) is 5.13 Å². The van der Waals surface area contributed by atoms with E-state index < -0.39 is 5.97 Å². The van der Waals surface area contributed by atoms with Crippen LogP contribution in [-0.2, 0) is 11.2 Å². The zero-order valence-electron chi connectivity index (χ0n) is 9.35. The molecule has 0 aliphatic heterocycles. The Morgan fingerprint density at radius 2 is 2.44 bits per heavy atom. The van der Waals surface area contributed by atoms with Crippen LogP contribution < -0.4 is 4.90 Å². The molecule has 1 heterocycles. The third-order valence-electron chi connectivity index (χ3n) is 2.70. The number of nitrogens with zero attached hydrogens (tertiary/aromatic N) is 2. The summed E-state index contributed by atoms with van der Waals surface area (Å²) >= 11 is 1.62. The van der Waals surface area contributed by atoms with Gasteiger partial charge < -0.3 is 10.0 Å². The molecular weight excluding hydrogens is 224 g/mol. The molecule has 0 saturated heterocycles. The molecule has 0 bridgehead atoms. The van der Waals surface area contributed by atoms with Gasteiger partial charge in [0.05, 0.1) is 12.1 Å². The lowest BCUT2D eigenvalue weighted by molar-refractivity contribution is -0.136. The van der Waals surface area contributed by atoms with Gasteiger partial charge in [0.25, 0.3) is 0 Å². The normalized spacial score (nSPS) is 15.1. The zero-order valence-corrected chi connectivity index (χ0v) is 10.2. The first-order valence-corrected chi connectivity index (χ1v) is 6.51. The molecule has 0 atom stereocenters. The highest BCUT2D eigenvalue weighted by Gasteiger charge is 2.30. The smallest absolute Gasteiger partial charge is 0.305 e. The number of rotatable bonds is 6. The molecule has 0 amide bonds. The van der Waals surface area contributed by atoms with Gasteiger partial charge in [0.1, 0.15) is 0 Å². The second-order valence-electron chi connectivity index (χ2n) is 4.04. The van der Waals surface area contributed by atoms with Crippen molar-refractivity contribution in [2.75, 3.05) is 11.4 Å². The largest absolute Gasteiger partial charge is 0.481 e. The van der Waals surface area contributed by atoms with Crippen LogP contribution in [0.15, 0.2) is 5.38 Å². The number of carboxylic acids is 1. The molecule has 0 unspecified atom stereocenters. The van der Waals surface area contributed by atoms with Gasteiger partial charge in [0, 0.05) is 18.0 Å². The van der Waals surface area contributed by atoms with Crippen molar-refractivity contribution in [1.29, 1.82) is 0 Å². The molecule has 5 heteroatoms. The fraction of sp³-hybridized carbons (Fsp3) is 0.636. The van der Waals surface area contributed by atoms with E-state index in [1.807, 2.05) is 0 Å². The summed E-state index contributed by atoms with van der Waals surface area (Å²) in [4.78, 5) is 17.3. The van der Waals surface area contributed by atoms with Crippen LogP contribution in [0.5, 0.6) is 0 Å². The lowest BCUT2D eigenvalue weighted by Crippen LogP contribution is -2.28. The molecule has 1 N–H and O–H groups in total. The van der Waals surface area contributed by atoms with Crippen LogP contribution >= 0.6 is 11.3 Å². The van der Waals surface area contributed by atoms with Crippen LogP contribution in [0.1, 0.15) is 31.9 Å². The molecule has 16 heavy (non-hydrogen) atoms. The second kappa shape index (κ2) is 4.82. The summed E-state index contributed by atoms with van der Waals surface area (Å²) in [6.45, 7) is 2.66. The standard InChI is InChI=1S/C11H16N2O2S/c1-2-8-7-16-11(12-8)13(9-3-4-9)6-5-10(14)15/h7,9H,2-6H2,1H3,(H,14,15). The fourth-order valence-electron chi connectivity index (χ4n) is 1.63. The summed E-state index contributed by atoms with van der Waals surface area (Å²) in [7, 11) is 0. The summed E-state index contributed by atoms with van der Waals surface area (Å²) in [5.74, 6) is -0.738. The van der Waals surface area contributed by atoms with E-state index in [4.69, 9.17) is 5.11 Å². The summed E-state index contributed by atoms with van der Waals surface area (Å²) in [6.07, 6.45) is 3.47. The van der Waals surface area contributed by atoms with Gasteiger partial charge in [0.2, 0.25) is 0 Å². The number of carboxylic acid groups (broad SMARTS) is 1. The molecule has 1 saturated carbocycles. The lowest BCUT2D eigenvalue weighted by Gasteiger charge is -2.20. The maximum absolute atomic E-state index is 10.6. The van der Waals surface area contributed by atoms with E-state index in [1.54, 1.807) is 11.3 Å². The summed E-state index contributed by atoms with van der Waals surface area (Å²) < 4.78 is 0. The number of aliphatic carboxylic acids is 1. The number of thiazole rings is 1. The van der Waals surface area contributed by atoms with E-state index in [1.165, 1.54) is 12.8 Å². The lowest BCUT2D eigenvalue weighted by atomic mass is 10.4. The number of aromatic nitrogens is 1. The SMILES string of the molecule is CCc1csc(N(CCC(=O)O)C2CC2)n1. The van der Waals surface area contributed by atoms with Crippen LogP contribution in [0.2, 0.25) is 0 Å². The highest BCUT2D eigenvalue weighted by molar-refractivity contribution is 7.13. The number of aryl methyl sites for hydroxylation is 1. The fourth-order valence-corrected chi connectivity index (χ4v) is 2.63. The van der Waals surface area contributed by atoms with Crippen molar-refractivity contribution in [2.24, 2.45) is 0 Å². The predicted octanol–water partition coefficient (Wildman–Crippen LogP) is 2.15. The third kappa shape index (κ3) is 2.72. The van der Waals surface area contributed by atoms with Crippen LogP contribution in [-0.4, -0.2) is 28.6 Å². The third-order valence-corrected chi connectivity index (χ3v) is 3.63. The average Bonchev–Trinajstić information content (AvgIpc) is 2.96. The monoisotopic (exact) mass is 240 g/mol. The van der Waals surface area contributed by atoms with Crippen LogP contribution in [0.3, 0.4) is 0 Å². The molecule has 0 spiro atoms. The van der Waals surface area contributed by atoms with Crippen molar-refractivity contribution < 1.29 is 9.90 Å². The second-order valence-corrected chi connectivity index (χ2v) is 4.88. The summed E-state index contributed by atoms with van der Waals surface area (Å²) in [5.41, 5.74) is 1.10. The van der Waals surface area contributed by atoms with Crippen LogP contribution in [0, 0.1) is 0 Å². The van der Waals surface area contributed by atoms with E-state index in [9.17, 15) is 4.79 Å². The van der Waals surface area contributed by atoms with Gasteiger partial charge >= 0.3 is 5.97 Å². The van der Waals surface area contributed by atoms with E-state index in [0.29, 0.717) is 12.6 Å². The van der Waals surface area contributed by atoms with Gasteiger partial charge in [-0.1, -0.05) is 6.92 Å². The maximum atomic E-state index is 10.6. The van der Waals surface area contributed by atoms with Crippen molar-refractivity contribution in [3.05, 3.63) is 11.1 Å². The molecule has 1 aromatic heterocycles. The number of hydrogen-bond donors (Lipinski definition) is 1. The van der Waals surface area contributed by atoms with E-state index in [-0.39, 0.29) is 6.42 Å². The van der Waals surface area contributed by atoms with Crippen molar-refractivity contribution in [2.45, 2.75) is 38.6 Å². The Balaban J connectivity index is 2.03. The molecule has 0 radical (unpaired) electrons. The Kier molecular flexibility index (Phi) is 3.43. The van der Waals surface area contributed by atoms with Gasteiger partial charge in [-0.25, -0.2) is 4.98 Å². The molecule has 0 aromatic carbocycles. The first-order valence-electron chi connectivity index (χ1n) is 5.63. The van der Waals surface area contributed by atoms with Crippen LogP contribution in [0.25, 0.3) is 0 Å². The molecule has 1 fully saturated rings. The minimum atomic E-state index is -0.738. The number of carbonyl (C=O) groups is 1. The maximum Gasteiger partial charge on any atom is 0.305 e. The van der Waals surface area contributed by atoms with Crippen molar-refractivity contribution in [1.82, 2.24) is 4.98 Å². The van der Waals surface area contributed by atoms with E-state index in [0.717, 1.165) is 17.2 Å². The molecule has 1 aliphatic carbocycles. The molecule has 2 rings (SSSR count). The Hall–Kier alpha value is -1.10. The van der Waals surface area contributed by atoms with Gasteiger partial charge in [-0.2, -0.15) is 0 Å². The molecule has 88 valence electrons. The molecular formula is C11H16N2O2S. The number of hydrogen-bond acceptors (Lipinski definition) is 4. The Bertz CT molecular complexity index is 374. The van der Waals surface area contributed by atoms with Gasteiger partial charge in [-0.15, -0.1) is 11.3 Å². The topological polar surface area (TPSA) is 53.4 Å². The van der Waals surface area contributed by atoms with E-state index in [2.05, 4.69) is 22.2 Å². The van der Waals surface area contributed by atoms with Crippen molar-refractivity contribution >= 4 is 22.4 Å². The molecule has 1 aromatic rings. The summed E-state index contributed by atoms with van der Waals surface area (Å²) in [5, 5.41) is 11.8. The van der Waals surface area contributed by atoms with Gasteiger partial charge in [-0.05, 0) is 19.3 Å². The average molecular weight is 240 g/mol. The minimum absolute atomic E-state index is 0.192. The Morgan fingerprint density at radius 3 is 2.94 bits per heavy atom. The predicted molar refractivity (Wildman–Crippen MR) is 64.1 cm³/mol. The van der Waals surface area contributed by atoms with E-state index >= 15 is 0 Å². The summed E-state index contributed by atoms with van der Waals surface area (Å²) in [6, 6.07) is 0.523.